The Morgan fingerprint density at radius 2 is 1.85 bits per heavy atom. The van der Waals surface area contributed by atoms with Gasteiger partial charge >= 0.3 is 35.6 Å². The van der Waals surface area contributed by atoms with Gasteiger partial charge in [0, 0.05) is 0 Å². The Morgan fingerprint density at radius 1 is 1.19 bits per heavy atom. The second-order valence-corrected chi connectivity index (χ2v) is 14.7. The number of rotatable bonds is 4. The molecule has 2 unspecified atom stereocenters. The van der Waals surface area contributed by atoms with Crippen molar-refractivity contribution in [3.05, 3.63) is 66.0 Å². The van der Waals surface area contributed by atoms with Crippen LogP contribution < -0.4 is 0 Å². The Hall–Kier alpha value is 0.0112. The number of halogens is 2. The standard InChI is InChI=1S/C20H28NSi.CH3.2ClH.Ti/c1-15-12-17-9-7-10-18(19(17)13-15)14-22(3,4)21-20-11-6-5-8-16(20)2;;;;/h5-11,15,17,19H,12-14H2,1-4H3;1H3;2*1H;/q2*-1;;;+2/p-2/t15-,17?,19?;;;;/m0..../s1. The van der Waals surface area contributed by atoms with Crippen LogP contribution in [-0.2, 0) is 17.0 Å². The van der Waals surface area contributed by atoms with Gasteiger partial charge in [0.15, 0.2) is 0 Å². The van der Waals surface area contributed by atoms with Gasteiger partial charge in [-0.15, -0.1) is 5.69 Å². The average molecular weight is 444 g/mol. The van der Waals surface area contributed by atoms with Crippen molar-refractivity contribution in [1.82, 2.24) is 0 Å². The number of allylic oxidation sites excluding steroid dienone is 4. The zero-order chi connectivity index (χ0) is 18.4. The second kappa shape index (κ2) is 11.1. The number of hydrogen-bond acceptors (Lipinski definition) is 0. The van der Waals surface area contributed by atoms with Crippen molar-refractivity contribution in [2.24, 2.45) is 17.8 Å². The molecular formula is C21H31Cl2NSiTi-2. The van der Waals surface area contributed by atoms with E-state index in [-0.39, 0.29) is 7.43 Å². The SMILES string of the molecule is Cc1ccccc1[N-][Si](C)(C)CC1=CC=CC2C[C@H](C)CC12.[CH3-].[Cl][Ti][Cl]. The van der Waals surface area contributed by atoms with Crippen LogP contribution in [0.3, 0.4) is 0 Å². The summed E-state index contributed by atoms with van der Waals surface area (Å²) in [6.45, 7) is 9.39. The van der Waals surface area contributed by atoms with Gasteiger partial charge in [-0.1, -0.05) is 79.7 Å². The molecule has 0 amide bonds. The van der Waals surface area contributed by atoms with Crippen LogP contribution in [0.15, 0.2) is 48.1 Å². The quantitative estimate of drug-likeness (QED) is 0.328. The van der Waals surface area contributed by atoms with Gasteiger partial charge < -0.3 is 12.4 Å². The van der Waals surface area contributed by atoms with Crippen molar-refractivity contribution < 1.29 is 17.0 Å². The van der Waals surface area contributed by atoms with Crippen LogP contribution >= 0.6 is 18.6 Å². The molecule has 0 saturated heterocycles. The van der Waals surface area contributed by atoms with E-state index in [2.05, 4.69) is 69.4 Å². The van der Waals surface area contributed by atoms with Crippen molar-refractivity contribution in [3.63, 3.8) is 0 Å². The predicted molar refractivity (Wildman–Crippen MR) is 117 cm³/mol. The molecular weight excluding hydrogens is 413 g/mol. The molecule has 0 aliphatic heterocycles. The molecule has 1 aromatic rings. The van der Waals surface area contributed by atoms with E-state index in [9.17, 15) is 0 Å². The van der Waals surface area contributed by atoms with Gasteiger partial charge in [-0.2, -0.15) is 0 Å². The molecule has 26 heavy (non-hydrogen) atoms. The van der Waals surface area contributed by atoms with E-state index < -0.39 is 25.3 Å². The monoisotopic (exact) mass is 443 g/mol. The number of aryl methyl sites for hydroxylation is 1. The van der Waals surface area contributed by atoms with Crippen LogP contribution in [0, 0.1) is 32.1 Å². The fourth-order valence-electron chi connectivity index (χ4n) is 4.16. The molecule has 0 radical (unpaired) electrons. The third-order valence-corrected chi connectivity index (χ3v) is 7.29. The summed E-state index contributed by atoms with van der Waals surface area (Å²) in [5.74, 6) is 2.45. The van der Waals surface area contributed by atoms with Crippen molar-refractivity contribution in [3.8, 4) is 0 Å². The molecule has 144 valence electrons. The van der Waals surface area contributed by atoms with Gasteiger partial charge in [0.25, 0.3) is 0 Å². The zero-order valence-corrected chi connectivity index (χ0v) is 20.7. The Morgan fingerprint density at radius 3 is 2.50 bits per heavy atom. The predicted octanol–water partition coefficient (Wildman–Crippen LogP) is 8.19. The Bertz CT molecular complexity index is 630. The molecule has 0 N–H and O–H groups in total. The first-order chi connectivity index (χ1) is 11.9. The van der Waals surface area contributed by atoms with Gasteiger partial charge in [-0.3, -0.25) is 0 Å². The third-order valence-electron chi connectivity index (χ3n) is 5.17. The van der Waals surface area contributed by atoms with Gasteiger partial charge in [-0.05, 0) is 45.8 Å². The van der Waals surface area contributed by atoms with Crippen LogP contribution in [-0.4, -0.2) is 8.24 Å². The number of hydrogen-bond donors (Lipinski definition) is 0. The van der Waals surface area contributed by atoms with Crippen LogP contribution in [0.2, 0.25) is 19.1 Å². The molecule has 1 nitrogen and oxygen atoms in total. The molecule has 3 rings (SSSR count). The van der Waals surface area contributed by atoms with Crippen LogP contribution in [0.5, 0.6) is 0 Å². The van der Waals surface area contributed by atoms with E-state index in [1.165, 1.54) is 30.1 Å². The van der Waals surface area contributed by atoms with Crippen LogP contribution in [0.1, 0.15) is 25.3 Å². The van der Waals surface area contributed by atoms with Gasteiger partial charge in [0.1, 0.15) is 0 Å². The van der Waals surface area contributed by atoms with E-state index in [0.717, 1.165) is 17.8 Å². The van der Waals surface area contributed by atoms with Crippen molar-refractivity contribution >= 4 is 32.5 Å². The summed E-state index contributed by atoms with van der Waals surface area (Å²) in [4.78, 5) is 5.19. The van der Waals surface area contributed by atoms with E-state index in [0.29, 0.717) is 0 Å². The van der Waals surface area contributed by atoms with E-state index in [4.69, 9.17) is 23.6 Å². The van der Waals surface area contributed by atoms with Gasteiger partial charge in [0.2, 0.25) is 0 Å². The molecule has 0 aromatic heterocycles. The Labute approximate surface area is 178 Å². The maximum atomic E-state index is 5.19. The van der Waals surface area contributed by atoms with Crippen molar-refractivity contribution in [1.29, 1.82) is 0 Å². The van der Waals surface area contributed by atoms with Crippen LogP contribution in [0.25, 0.3) is 4.98 Å². The Balaban J connectivity index is 0.000000791. The number of nitrogens with zero attached hydrogens (tertiary/aromatic N) is 1. The summed E-state index contributed by atoms with van der Waals surface area (Å²) in [5.41, 5.74) is 4.17. The van der Waals surface area contributed by atoms with Gasteiger partial charge in [-0.25, -0.2) is 0 Å². The summed E-state index contributed by atoms with van der Waals surface area (Å²) in [6.07, 6.45) is 9.87. The molecule has 1 fully saturated rings. The van der Waals surface area contributed by atoms with Crippen LogP contribution in [0.4, 0.5) is 5.69 Å². The molecule has 0 bridgehead atoms. The first kappa shape index (κ1) is 24.0. The summed E-state index contributed by atoms with van der Waals surface area (Å²) in [6, 6.07) is 9.75. The first-order valence-corrected chi connectivity index (χ1v) is 16.4. The molecule has 3 atom stereocenters. The second-order valence-electron chi connectivity index (χ2n) is 7.93. The fourth-order valence-corrected chi connectivity index (χ4v) is 6.52. The third kappa shape index (κ3) is 6.87. The van der Waals surface area contributed by atoms with E-state index >= 15 is 0 Å². The van der Waals surface area contributed by atoms with Crippen molar-refractivity contribution in [2.75, 3.05) is 0 Å². The van der Waals surface area contributed by atoms with E-state index in [1.54, 1.807) is 5.57 Å². The zero-order valence-electron chi connectivity index (χ0n) is 16.6. The minimum absolute atomic E-state index is 0. The molecule has 0 spiro atoms. The summed E-state index contributed by atoms with van der Waals surface area (Å²) < 4.78 is 0. The molecule has 2 aliphatic rings. The molecule has 1 aromatic carbocycles. The summed E-state index contributed by atoms with van der Waals surface area (Å²) in [7, 11) is 8.16. The number of benzene rings is 1. The molecule has 1 saturated carbocycles. The molecule has 5 heteroatoms. The number of fused-ring (bicyclic) bond motifs is 1. The molecule has 0 heterocycles. The maximum absolute atomic E-state index is 5.19. The topological polar surface area (TPSA) is 14.1 Å². The normalized spacial score (nSPS) is 23.8. The van der Waals surface area contributed by atoms with Gasteiger partial charge in [0.05, 0.1) is 0 Å². The first-order valence-electron chi connectivity index (χ1n) is 8.98. The van der Waals surface area contributed by atoms with E-state index in [1.807, 2.05) is 0 Å². The minimum atomic E-state index is -1.62. The van der Waals surface area contributed by atoms with Crippen molar-refractivity contribution in [2.45, 2.75) is 45.8 Å². The summed E-state index contributed by atoms with van der Waals surface area (Å²) >= 11 is -0.556. The summed E-state index contributed by atoms with van der Waals surface area (Å²) in [5, 5.41) is 0. The Kier molecular flexibility index (Phi) is 10.3. The fraction of sp³-hybridized carbons (Fsp3) is 0.476. The average Bonchev–Trinajstić information content (AvgIpc) is 2.91. The molecule has 2 aliphatic carbocycles.